The number of fused-ring (bicyclic) bond motifs is 4. The molecule has 1 aliphatic rings. The van der Waals surface area contributed by atoms with Gasteiger partial charge in [0.2, 0.25) is 5.91 Å². The van der Waals surface area contributed by atoms with E-state index >= 15 is 0 Å². The van der Waals surface area contributed by atoms with E-state index in [1.165, 1.54) is 10.4 Å². The van der Waals surface area contributed by atoms with Crippen LogP contribution in [0.5, 0.6) is 5.75 Å². The van der Waals surface area contributed by atoms with Crippen LogP contribution >= 0.6 is 11.3 Å². The van der Waals surface area contributed by atoms with Gasteiger partial charge in [-0.3, -0.25) is 4.79 Å². The molecule has 1 atom stereocenters. The lowest BCUT2D eigenvalue weighted by molar-refractivity contribution is -0.137. The molecule has 0 aliphatic heterocycles. The summed E-state index contributed by atoms with van der Waals surface area (Å²) in [6.07, 6.45) is 7.36. The van der Waals surface area contributed by atoms with Gasteiger partial charge in [-0.25, -0.2) is 14.5 Å². The van der Waals surface area contributed by atoms with Gasteiger partial charge in [0.15, 0.2) is 5.75 Å². The molecule has 0 radical (unpaired) electrons. The molecule has 5 rings (SSSR count). The highest BCUT2D eigenvalue weighted by molar-refractivity contribution is 7.19. The van der Waals surface area contributed by atoms with E-state index in [1.54, 1.807) is 61.3 Å². The Labute approximate surface area is 201 Å². The van der Waals surface area contributed by atoms with E-state index in [0.717, 1.165) is 40.1 Å². The van der Waals surface area contributed by atoms with Gasteiger partial charge in [0.1, 0.15) is 17.0 Å². The summed E-state index contributed by atoms with van der Waals surface area (Å²) < 4.78 is 7.34. The van der Waals surface area contributed by atoms with E-state index in [4.69, 9.17) is 4.74 Å². The van der Waals surface area contributed by atoms with E-state index in [2.05, 4.69) is 20.4 Å². The van der Waals surface area contributed by atoms with Crippen LogP contribution in [0.4, 0.5) is 11.5 Å². The van der Waals surface area contributed by atoms with Crippen molar-refractivity contribution in [2.24, 2.45) is 5.92 Å². The van der Waals surface area contributed by atoms with Crippen molar-refractivity contribution in [1.82, 2.24) is 24.5 Å². The summed E-state index contributed by atoms with van der Waals surface area (Å²) in [5.41, 5.74) is 2.03. The van der Waals surface area contributed by atoms with Crippen LogP contribution in [0, 0.1) is 5.92 Å². The minimum atomic E-state index is -0.918. The number of amides is 1. The molecule has 0 saturated heterocycles. The van der Waals surface area contributed by atoms with Gasteiger partial charge < -0.3 is 20.1 Å². The van der Waals surface area contributed by atoms with Crippen LogP contribution in [0.15, 0.2) is 30.9 Å². The fourth-order valence-corrected chi connectivity index (χ4v) is 5.99. The molecule has 1 amide bonds. The predicted molar refractivity (Wildman–Crippen MR) is 132 cm³/mol. The van der Waals surface area contributed by atoms with Gasteiger partial charge in [0.25, 0.3) is 0 Å². The number of methoxy groups -OCH3 is 1. The number of hydrogen-bond acceptors (Lipinski definition) is 8. The first kappa shape index (κ1) is 22.5. The minimum Gasteiger partial charge on any atom is -0.493 e. The Morgan fingerprint density at radius 2 is 2.24 bits per heavy atom. The molecule has 0 unspecified atom stereocenters. The van der Waals surface area contributed by atoms with Gasteiger partial charge >= 0.3 is 0 Å². The molecule has 4 aromatic heterocycles. The van der Waals surface area contributed by atoms with Crippen LogP contribution in [0.2, 0.25) is 0 Å². The molecular weight excluding hydrogens is 452 g/mol. The van der Waals surface area contributed by atoms with E-state index in [-0.39, 0.29) is 11.8 Å². The summed E-state index contributed by atoms with van der Waals surface area (Å²) in [6, 6.07) is 3.91. The van der Waals surface area contributed by atoms with Gasteiger partial charge in [-0.1, -0.05) is 0 Å². The van der Waals surface area contributed by atoms with Gasteiger partial charge in [-0.15, -0.1) is 11.3 Å². The zero-order valence-corrected chi connectivity index (χ0v) is 20.5. The molecule has 9 nitrogen and oxygen atoms in total. The average molecular weight is 481 g/mol. The highest BCUT2D eigenvalue weighted by atomic mass is 32.1. The average Bonchev–Trinajstić information content (AvgIpc) is 3.40. The Morgan fingerprint density at radius 3 is 3.00 bits per heavy atom. The van der Waals surface area contributed by atoms with Crippen molar-refractivity contribution in [3.63, 3.8) is 0 Å². The minimum absolute atomic E-state index is 0.0773. The first-order valence-corrected chi connectivity index (χ1v) is 12.1. The van der Waals surface area contributed by atoms with Crippen molar-refractivity contribution in [2.75, 3.05) is 26.0 Å². The molecule has 4 aromatic rings. The zero-order chi connectivity index (χ0) is 24.0. The second-order valence-corrected chi connectivity index (χ2v) is 10.5. The van der Waals surface area contributed by atoms with Crippen LogP contribution in [-0.4, -0.2) is 61.8 Å². The van der Waals surface area contributed by atoms with E-state index in [9.17, 15) is 9.90 Å². The van der Waals surface area contributed by atoms with E-state index < -0.39 is 5.60 Å². The van der Waals surface area contributed by atoms with Gasteiger partial charge in [-0.2, -0.15) is 5.10 Å². The Bertz CT molecular complexity index is 1370. The number of likely N-dealkylation sites (N-methyl/N-ethyl adjacent to an activating group) is 1. The number of aromatic nitrogens is 4. The van der Waals surface area contributed by atoms with Gasteiger partial charge in [-0.05, 0) is 50.8 Å². The lowest BCUT2D eigenvalue weighted by Gasteiger charge is -2.30. The molecule has 2 N–H and O–H groups in total. The topological polar surface area (TPSA) is 105 Å². The number of anilines is 2. The predicted octanol–water partition coefficient (Wildman–Crippen LogP) is 3.43. The zero-order valence-electron chi connectivity index (χ0n) is 19.7. The van der Waals surface area contributed by atoms with Crippen LogP contribution in [0.1, 0.15) is 30.7 Å². The molecule has 0 saturated carbocycles. The maximum absolute atomic E-state index is 13.0. The van der Waals surface area contributed by atoms with Crippen LogP contribution in [0.3, 0.4) is 0 Å². The summed E-state index contributed by atoms with van der Waals surface area (Å²) in [5, 5.41) is 18.8. The molecule has 178 valence electrons. The van der Waals surface area contributed by atoms with Crippen LogP contribution < -0.4 is 10.1 Å². The smallest absolute Gasteiger partial charge is 0.225 e. The summed E-state index contributed by atoms with van der Waals surface area (Å²) in [4.78, 5) is 25.8. The fraction of sp³-hybridized carbons (Fsp3) is 0.417. The molecule has 1 aliphatic carbocycles. The monoisotopic (exact) mass is 480 g/mol. The van der Waals surface area contributed by atoms with Gasteiger partial charge in [0.05, 0.1) is 35.5 Å². The first-order chi connectivity index (χ1) is 16.2. The number of aryl methyl sites for hydroxylation is 1. The third-order valence-corrected chi connectivity index (χ3v) is 7.33. The number of carbonyl (C=O) groups excluding carboxylic acids is 1. The second-order valence-electron chi connectivity index (χ2n) is 9.43. The third-order valence-electron chi connectivity index (χ3n) is 6.17. The Balaban J connectivity index is 1.45. The molecule has 0 bridgehead atoms. The maximum Gasteiger partial charge on any atom is 0.225 e. The van der Waals surface area contributed by atoms with Crippen LogP contribution in [0.25, 0.3) is 15.7 Å². The quantitative estimate of drug-likeness (QED) is 0.436. The maximum atomic E-state index is 13.0. The number of carbonyl (C=O) groups is 1. The summed E-state index contributed by atoms with van der Waals surface area (Å²) in [5.74, 6) is 1.37. The first-order valence-electron chi connectivity index (χ1n) is 11.2. The number of pyridine rings is 1. The number of nitrogens with one attached hydrogen (secondary N) is 1. The Kier molecular flexibility index (Phi) is 5.65. The molecule has 10 heteroatoms. The Morgan fingerprint density at radius 1 is 1.41 bits per heavy atom. The molecule has 34 heavy (non-hydrogen) atoms. The number of hydrogen-bond donors (Lipinski definition) is 2. The van der Waals surface area contributed by atoms with Gasteiger partial charge in [0, 0.05) is 30.6 Å². The molecule has 4 heterocycles. The van der Waals surface area contributed by atoms with Crippen molar-refractivity contribution in [3.8, 4) is 5.75 Å². The highest BCUT2D eigenvalue weighted by Crippen LogP contribution is 2.41. The van der Waals surface area contributed by atoms with Crippen molar-refractivity contribution >= 4 is 44.5 Å². The largest absolute Gasteiger partial charge is 0.493 e. The lowest BCUT2D eigenvalue weighted by Crippen LogP contribution is -2.43. The molecule has 0 aromatic carbocycles. The highest BCUT2D eigenvalue weighted by Gasteiger charge is 2.32. The van der Waals surface area contributed by atoms with Crippen molar-refractivity contribution in [3.05, 3.63) is 41.3 Å². The summed E-state index contributed by atoms with van der Waals surface area (Å²) in [7, 11) is 3.39. The molecular formula is C24H28N6O3S. The third kappa shape index (κ3) is 4.19. The second kappa shape index (κ2) is 8.52. The molecule has 0 fully saturated rings. The van der Waals surface area contributed by atoms with Crippen molar-refractivity contribution in [1.29, 1.82) is 0 Å². The fourth-order valence-electron chi connectivity index (χ4n) is 4.72. The summed E-state index contributed by atoms with van der Waals surface area (Å²) in [6.45, 7) is 3.74. The number of nitrogens with zero attached hydrogens (tertiary/aromatic N) is 5. The summed E-state index contributed by atoms with van der Waals surface area (Å²) >= 11 is 1.63. The van der Waals surface area contributed by atoms with Crippen LogP contribution in [-0.2, 0) is 17.6 Å². The Hall–Kier alpha value is -3.24. The number of thiophene rings is 1. The van der Waals surface area contributed by atoms with Crippen molar-refractivity contribution in [2.45, 2.75) is 38.7 Å². The molecule has 0 spiro atoms. The number of aliphatic hydroxyl groups is 1. The number of ether oxygens (including phenoxy) is 1. The normalized spacial score (nSPS) is 16.0. The SMILES string of the molecule is COc1cn2nccc2cc1Nc1ncnc2sc3c(c12)CC[C@H](C(=O)N(C)CC(C)(C)O)C3. The van der Waals surface area contributed by atoms with E-state index in [0.29, 0.717) is 18.7 Å². The van der Waals surface area contributed by atoms with E-state index in [1.807, 2.05) is 18.3 Å². The number of rotatable bonds is 6. The lowest BCUT2D eigenvalue weighted by atomic mass is 9.86. The van der Waals surface area contributed by atoms with Crippen molar-refractivity contribution < 1.29 is 14.6 Å². The standard InChI is InChI=1S/C24H28N6O3S/c1-24(2,32)12-29(3)23(31)14-5-6-16-19(9-14)34-22-20(16)21(25-13-26-22)28-17-10-15-7-8-27-30(15)11-18(17)33-4/h7-8,10-11,13-14,32H,5-6,9,12H2,1-4H3,(H,25,26,28)/t14-/m0/s1.